The Hall–Kier alpha value is -4.03. The number of hydrogen-bond acceptors (Lipinski definition) is 4. The lowest BCUT2D eigenvalue weighted by Gasteiger charge is -2.24. The van der Waals surface area contributed by atoms with Crippen LogP contribution in [0.15, 0.2) is 119 Å². The van der Waals surface area contributed by atoms with E-state index in [-0.39, 0.29) is 12.0 Å². The van der Waals surface area contributed by atoms with Gasteiger partial charge in [0.2, 0.25) is 0 Å². The van der Waals surface area contributed by atoms with E-state index in [1.165, 1.54) is 5.56 Å². The maximum Gasteiger partial charge on any atom is 0.322 e. The molecular weight excluding hydrogens is 504 g/mol. The summed E-state index contributed by atoms with van der Waals surface area (Å²) in [6, 6.07) is 35.6. The van der Waals surface area contributed by atoms with Crippen molar-refractivity contribution < 1.29 is 14.3 Å². The molecule has 0 heterocycles. The second-order valence-electron chi connectivity index (χ2n) is 9.18. The lowest BCUT2D eigenvalue weighted by atomic mass is 10.1. The Morgan fingerprint density at radius 1 is 0.795 bits per heavy atom. The van der Waals surface area contributed by atoms with Crippen molar-refractivity contribution in [2.45, 2.75) is 48.9 Å². The molecule has 0 aliphatic rings. The van der Waals surface area contributed by atoms with Gasteiger partial charge in [0, 0.05) is 35.0 Å². The lowest BCUT2D eigenvalue weighted by molar-refractivity contribution is -0.134. The number of benzene rings is 4. The molecule has 0 spiro atoms. The fourth-order valence-corrected chi connectivity index (χ4v) is 5.06. The highest BCUT2D eigenvalue weighted by Gasteiger charge is 2.16. The molecule has 0 bridgehead atoms. The van der Waals surface area contributed by atoms with E-state index in [1.807, 2.05) is 103 Å². The molecule has 200 valence electrons. The molecule has 0 atom stereocenters. The maximum atomic E-state index is 13.4. The number of nitrogens with zero attached hydrogens (tertiary/aromatic N) is 1. The Bertz CT molecular complexity index is 1350. The number of rotatable bonds is 12. The van der Waals surface area contributed by atoms with Gasteiger partial charge in [-0.15, -0.1) is 0 Å². The first-order valence-electron chi connectivity index (χ1n) is 13.3. The van der Waals surface area contributed by atoms with E-state index < -0.39 is 0 Å². The van der Waals surface area contributed by atoms with Crippen LogP contribution in [-0.4, -0.2) is 18.5 Å². The van der Waals surface area contributed by atoms with E-state index in [2.05, 4.69) is 17.4 Å². The summed E-state index contributed by atoms with van der Waals surface area (Å²) < 4.78 is 5.46. The largest absolute Gasteiger partial charge is 0.426 e. The molecule has 0 saturated carbocycles. The van der Waals surface area contributed by atoms with E-state index in [0.29, 0.717) is 25.3 Å². The predicted octanol–water partition coefficient (Wildman–Crippen LogP) is 7.89. The number of ether oxygens (including phenoxy) is 1. The van der Waals surface area contributed by atoms with Crippen molar-refractivity contribution in [2.75, 3.05) is 11.4 Å². The average Bonchev–Trinajstić information content (AvgIpc) is 2.96. The van der Waals surface area contributed by atoms with Crippen LogP contribution >= 0.6 is 11.8 Å². The molecule has 4 aromatic rings. The zero-order valence-electron chi connectivity index (χ0n) is 22.2. The molecule has 39 heavy (non-hydrogen) atoms. The quantitative estimate of drug-likeness (QED) is 0.147. The molecule has 0 aliphatic carbocycles. The van der Waals surface area contributed by atoms with Gasteiger partial charge >= 0.3 is 12.0 Å². The monoisotopic (exact) mass is 538 g/mol. The summed E-state index contributed by atoms with van der Waals surface area (Å²) in [4.78, 5) is 29.1. The molecule has 6 heteroatoms. The number of hydrogen-bond donors (Lipinski definition) is 1. The van der Waals surface area contributed by atoms with Crippen molar-refractivity contribution >= 4 is 29.4 Å². The van der Waals surface area contributed by atoms with Crippen molar-refractivity contribution in [3.8, 4) is 5.75 Å². The summed E-state index contributed by atoms with van der Waals surface area (Å²) in [6.45, 7) is 3.01. The molecule has 0 aliphatic heterocycles. The van der Waals surface area contributed by atoms with E-state index in [4.69, 9.17) is 4.74 Å². The van der Waals surface area contributed by atoms with Crippen LogP contribution in [0.25, 0.3) is 0 Å². The van der Waals surface area contributed by atoms with Gasteiger partial charge in [-0.1, -0.05) is 91.5 Å². The van der Waals surface area contributed by atoms with Gasteiger partial charge in [-0.05, 0) is 66.8 Å². The minimum atomic E-state index is -0.227. The summed E-state index contributed by atoms with van der Waals surface area (Å²) in [6.07, 6.45) is 2.87. The van der Waals surface area contributed by atoms with Crippen molar-refractivity contribution in [2.24, 2.45) is 0 Å². The molecule has 2 amide bonds. The van der Waals surface area contributed by atoms with Gasteiger partial charge in [-0.25, -0.2) is 4.79 Å². The molecular formula is C33H34N2O3S. The number of urea groups is 1. The zero-order valence-corrected chi connectivity index (χ0v) is 23.0. The van der Waals surface area contributed by atoms with Crippen LogP contribution in [0.1, 0.15) is 37.3 Å². The first-order chi connectivity index (χ1) is 19.1. The van der Waals surface area contributed by atoms with Crippen molar-refractivity contribution in [3.05, 3.63) is 120 Å². The Morgan fingerprint density at radius 3 is 2.18 bits per heavy atom. The molecule has 0 fully saturated rings. The number of carbonyl (C=O) groups is 2. The third kappa shape index (κ3) is 9.04. The van der Waals surface area contributed by atoms with Crippen LogP contribution in [0.2, 0.25) is 0 Å². The summed E-state index contributed by atoms with van der Waals surface area (Å²) >= 11 is 1.57. The molecule has 0 unspecified atom stereocenters. The highest BCUT2D eigenvalue weighted by molar-refractivity contribution is 7.99. The number of esters is 1. The van der Waals surface area contributed by atoms with Gasteiger partial charge in [0.25, 0.3) is 0 Å². The highest BCUT2D eigenvalue weighted by Crippen LogP contribution is 2.32. The standard InChI is InChI=1S/C33H34N2O3S/c1-2-12-32(36)38-29-19-10-21-31(24-29)39-30-20-9-18-28(23-30)35(22-11-17-26-13-5-3-6-14-26)33(37)34-25-27-15-7-4-8-16-27/h3-10,13-16,18-21,23-24H,2,11-12,17,22,25H2,1H3,(H,34,37). The van der Waals surface area contributed by atoms with Crippen molar-refractivity contribution in [3.63, 3.8) is 0 Å². The predicted molar refractivity (Wildman–Crippen MR) is 158 cm³/mol. The van der Waals surface area contributed by atoms with Crippen molar-refractivity contribution in [1.29, 1.82) is 0 Å². The molecule has 0 saturated heterocycles. The second kappa shape index (κ2) is 14.8. The fourth-order valence-electron chi connectivity index (χ4n) is 4.14. The summed E-state index contributed by atoms with van der Waals surface area (Å²) in [5, 5.41) is 3.08. The van der Waals surface area contributed by atoms with E-state index in [0.717, 1.165) is 40.3 Å². The van der Waals surface area contributed by atoms with Crippen LogP contribution in [0.5, 0.6) is 5.75 Å². The summed E-state index contributed by atoms with van der Waals surface area (Å²) in [7, 11) is 0. The van der Waals surface area contributed by atoms with Crippen LogP contribution in [0.3, 0.4) is 0 Å². The normalized spacial score (nSPS) is 10.6. The van der Waals surface area contributed by atoms with Crippen LogP contribution in [-0.2, 0) is 17.8 Å². The Kier molecular flexibility index (Phi) is 10.6. The van der Waals surface area contributed by atoms with E-state index >= 15 is 0 Å². The molecule has 5 nitrogen and oxygen atoms in total. The Labute approximate surface area is 235 Å². The topological polar surface area (TPSA) is 58.6 Å². The highest BCUT2D eigenvalue weighted by atomic mass is 32.2. The lowest BCUT2D eigenvalue weighted by Crippen LogP contribution is -2.40. The van der Waals surface area contributed by atoms with Crippen LogP contribution < -0.4 is 15.0 Å². The van der Waals surface area contributed by atoms with Crippen molar-refractivity contribution in [1.82, 2.24) is 5.32 Å². The number of carbonyl (C=O) groups excluding carboxylic acids is 2. The first kappa shape index (κ1) is 28.0. The van der Waals surface area contributed by atoms with E-state index in [1.54, 1.807) is 17.8 Å². The van der Waals surface area contributed by atoms with Gasteiger partial charge < -0.3 is 10.1 Å². The molecule has 0 radical (unpaired) electrons. The van der Waals surface area contributed by atoms with Gasteiger partial charge in [0.15, 0.2) is 0 Å². The zero-order chi connectivity index (χ0) is 27.3. The molecule has 1 N–H and O–H groups in total. The van der Waals surface area contributed by atoms with Crippen LogP contribution in [0, 0.1) is 0 Å². The third-order valence-corrected chi connectivity index (χ3v) is 7.06. The third-order valence-electron chi connectivity index (χ3n) is 6.08. The fraction of sp³-hybridized carbons (Fsp3) is 0.212. The SMILES string of the molecule is CCCC(=O)Oc1cccc(Sc2cccc(N(CCCc3ccccc3)C(=O)NCc3ccccc3)c2)c1. The van der Waals surface area contributed by atoms with Gasteiger partial charge in [0.1, 0.15) is 5.75 Å². The average molecular weight is 539 g/mol. The van der Waals surface area contributed by atoms with Crippen LogP contribution in [0.4, 0.5) is 10.5 Å². The van der Waals surface area contributed by atoms with Gasteiger partial charge in [-0.2, -0.15) is 0 Å². The molecule has 0 aromatic heterocycles. The van der Waals surface area contributed by atoms with Gasteiger partial charge in [0.05, 0.1) is 0 Å². The molecule has 4 rings (SSSR count). The Balaban J connectivity index is 1.48. The summed E-state index contributed by atoms with van der Waals surface area (Å²) in [5.41, 5.74) is 3.15. The first-order valence-corrected chi connectivity index (χ1v) is 14.1. The maximum absolute atomic E-state index is 13.4. The number of aryl methyl sites for hydroxylation is 1. The molecule has 4 aromatic carbocycles. The second-order valence-corrected chi connectivity index (χ2v) is 10.3. The van der Waals surface area contributed by atoms with Gasteiger partial charge in [-0.3, -0.25) is 9.69 Å². The smallest absolute Gasteiger partial charge is 0.322 e. The number of anilines is 1. The minimum absolute atomic E-state index is 0.126. The summed E-state index contributed by atoms with van der Waals surface area (Å²) in [5.74, 6) is 0.312. The Morgan fingerprint density at radius 2 is 1.46 bits per heavy atom. The number of nitrogens with one attached hydrogen (secondary N) is 1. The minimum Gasteiger partial charge on any atom is -0.426 e. The number of amides is 2. The van der Waals surface area contributed by atoms with E-state index in [9.17, 15) is 9.59 Å².